The van der Waals surface area contributed by atoms with Crippen LogP contribution < -0.4 is 4.72 Å². The van der Waals surface area contributed by atoms with Crippen LogP contribution in [0.4, 0.5) is 5.69 Å². The molecule has 0 saturated carbocycles. The van der Waals surface area contributed by atoms with Crippen molar-refractivity contribution < 1.29 is 5.11 Å². The van der Waals surface area contributed by atoms with Gasteiger partial charge in [-0.3, -0.25) is 5.11 Å². The van der Waals surface area contributed by atoms with Crippen molar-refractivity contribution >= 4 is 17.6 Å². The monoisotopic (exact) mass is 216 g/mol. The Kier molecular flexibility index (Phi) is 3.15. The number of rotatable bonds is 3. The van der Waals surface area contributed by atoms with Gasteiger partial charge in [-0.25, -0.2) is 0 Å². The Hall–Kier alpha value is -1.61. The highest BCUT2D eigenvalue weighted by atomic mass is 32.2. The van der Waals surface area contributed by atoms with Crippen LogP contribution in [0.3, 0.4) is 0 Å². The van der Waals surface area contributed by atoms with E-state index in [-0.39, 0.29) is 5.75 Å². The van der Waals surface area contributed by atoms with Crippen molar-refractivity contribution in [3.63, 3.8) is 0 Å². The van der Waals surface area contributed by atoms with E-state index in [2.05, 4.69) is 4.72 Å². The fourth-order valence-corrected chi connectivity index (χ4v) is 1.83. The fourth-order valence-electron chi connectivity index (χ4n) is 1.15. The van der Waals surface area contributed by atoms with Gasteiger partial charge in [0.1, 0.15) is 0 Å². The van der Waals surface area contributed by atoms with Gasteiger partial charge in [-0.15, -0.1) is 0 Å². The van der Waals surface area contributed by atoms with Gasteiger partial charge in [-0.2, -0.15) is 0 Å². The molecule has 0 saturated heterocycles. The van der Waals surface area contributed by atoms with E-state index >= 15 is 0 Å². The molecule has 0 aliphatic carbocycles. The Morgan fingerprint density at radius 3 is 2.27 bits per heavy atom. The minimum atomic E-state index is 0.0472. The standard InChI is InChI=1S/C12H10NOS/c14-11-8-4-5-9-12(11)15-13-10-6-2-1-3-7-10/h1-9,13H. The zero-order valence-corrected chi connectivity index (χ0v) is 8.83. The van der Waals surface area contributed by atoms with Gasteiger partial charge in [0.2, 0.25) is 0 Å². The van der Waals surface area contributed by atoms with Gasteiger partial charge in [-0.1, -0.05) is 30.3 Å². The van der Waals surface area contributed by atoms with Crippen molar-refractivity contribution in [1.29, 1.82) is 0 Å². The maximum absolute atomic E-state index is 11.4. The van der Waals surface area contributed by atoms with Gasteiger partial charge in [0.05, 0.1) is 4.90 Å². The van der Waals surface area contributed by atoms with Gasteiger partial charge < -0.3 is 4.72 Å². The quantitative estimate of drug-likeness (QED) is 0.788. The predicted molar refractivity (Wildman–Crippen MR) is 62.5 cm³/mol. The fraction of sp³-hybridized carbons (Fsp3) is 0. The largest absolute Gasteiger partial charge is 0.326 e. The zero-order chi connectivity index (χ0) is 10.5. The number of hydrogen-bond donors (Lipinski definition) is 1. The molecule has 3 heteroatoms. The molecule has 0 heterocycles. The molecule has 0 amide bonds. The van der Waals surface area contributed by atoms with Crippen LogP contribution in [-0.4, -0.2) is 0 Å². The van der Waals surface area contributed by atoms with E-state index in [4.69, 9.17) is 0 Å². The van der Waals surface area contributed by atoms with E-state index in [1.165, 1.54) is 11.9 Å². The lowest BCUT2D eigenvalue weighted by molar-refractivity contribution is 0.344. The first kappa shape index (κ1) is 9.93. The highest BCUT2D eigenvalue weighted by molar-refractivity contribution is 8.00. The van der Waals surface area contributed by atoms with Crippen LogP contribution in [0, 0.1) is 0 Å². The van der Waals surface area contributed by atoms with E-state index in [0.717, 1.165) is 5.69 Å². The molecule has 2 aromatic carbocycles. The number of hydrogen-bond acceptors (Lipinski definition) is 2. The summed E-state index contributed by atoms with van der Waals surface area (Å²) in [5, 5.41) is 11.4. The molecule has 1 radical (unpaired) electrons. The third-order valence-electron chi connectivity index (χ3n) is 1.90. The Labute approximate surface area is 93.1 Å². The second-order valence-corrected chi connectivity index (χ2v) is 3.86. The normalized spacial score (nSPS) is 9.87. The van der Waals surface area contributed by atoms with E-state index in [1.54, 1.807) is 12.1 Å². The third kappa shape index (κ3) is 2.67. The molecule has 75 valence electrons. The number of para-hydroxylation sites is 2. The number of benzene rings is 2. The molecule has 0 atom stereocenters. The zero-order valence-electron chi connectivity index (χ0n) is 8.01. The molecule has 15 heavy (non-hydrogen) atoms. The van der Waals surface area contributed by atoms with Crippen LogP contribution in [0.25, 0.3) is 0 Å². The minimum absolute atomic E-state index is 0.0472. The van der Waals surface area contributed by atoms with Crippen molar-refractivity contribution in [2.75, 3.05) is 4.72 Å². The van der Waals surface area contributed by atoms with Crippen LogP contribution in [0.2, 0.25) is 0 Å². The van der Waals surface area contributed by atoms with Gasteiger partial charge in [0.15, 0.2) is 5.75 Å². The number of anilines is 1. The van der Waals surface area contributed by atoms with E-state index in [0.29, 0.717) is 4.90 Å². The smallest absolute Gasteiger partial charge is 0.193 e. The first-order valence-electron chi connectivity index (χ1n) is 4.60. The van der Waals surface area contributed by atoms with Gasteiger partial charge in [0, 0.05) is 5.69 Å². The van der Waals surface area contributed by atoms with Crippen LogP contribution in [0.1, 0.15) is 0 Å². The molecule has 2 aromatic rings. The highest BCUT2D eigenvalue weighted by Gasteiger charge is 2.01. The van der Waals surface area contributed by atoms with E-state index < -0.39 is 0 Å². The maximum atomic E-state index is 11.4. The van der Waals surface area contributed by atoms with Gasteiger partial charge in [-0.05, 0) is 36.2 Å². The average molecular weight is 216 g/mol. The first-order chi connectivity index (χ1) is 7.36. The summed E-state index contributed by atoms with van der Waals surface area (Å²) >= 11 is 1.34. The Morgan fingerprint density at radius 2 is 1.53 bits per heavy atom. The van der Waals surface area contributed by atoms with Crippen molar-refractivity contribution in [2.45, 2.75) is 4.90 Å². The lowest BCUT2D eigenvalue weighted by Crippen LogP contribution is -1.85. The number of nitrogens with one attached hydrogen (secondary N) is 1. The van der Waals surface area contributed by atoms with Gasteiger partial charge >= 0.3 is 0 Å². The molecular weight excluding hydrogens is 206 g/mol. The lowest BCUT2D eigenvalue weighted by atomic mass is 10.3. The summed E-state index contributed by atoms with van der Waals surface area (Å²) in [5.41, 5.74) is 0.991. The van der Waals surface area contributed by atoms with E-state index in [1.807, 2.05) is 42.5 Å². The Morgan fingerprint density at radius 1 is 0.867 bits per heavy atom. The van der Waals surface area contributed by atoms with Crippen LogP contribution in [0.5, 0.6) is 5.75 Å². The molecule has 2 rings (SSSR count). The predicted octanol–water partition coefficient (Wildman–Crippen LogP) is 3.95. The second-order valence-electron chi connectivity index (χ2n) is 3.02. The molecule has 0 unspecified atom stereocenters. The molecule has 0 fully saturated rings. The van der Waals surface area contributed by atoms with Crippen molar-refractivity contribution in [3.05, 3.63) is 54.6 Å². The molecule has 0 spiro atoms. The van der Waals surface area contributed by atoms with Crippen LogP contribution in [-0.2, 0) is 5.11 Å². The third-order valence-corrected chi connectivity index (χ3v) is 2.80. The summed E-state index contributed by atoms with van der Waals surface area (Å²) < 4.78 is 3.12. The van der Waals surface area contributed by atoms with Crippen molar-refractivity contribution in [1.82, 2.24) is 0 Å². The Balaban J connectivity index is 2.03. The van der Waals surface area contributed by atoms with Crippen LogP contribution >= 0.6 is 11.9 Å². The summed E-state index contributed by atoms with van der Waals surface area (Å²) in [7, 11) is 0. The van der Waals surface area contributed by atoms with Crippen molar-refractivity contribution in [3.8, 4) is 5.75 Å². The lowest BCUT2D eigenvalue weighted by Gasteiger charge is -2.04. The summed E-state index contributed by atoms with van der Waals surface area (Å²) in [5.74, 6) is 0.0472. The summed E-state index contributed by atoms with van der Waals surface area (Å²) in [6.45, 7) is 0. The topological polar surface area (TPSA) is 31.9 Å². The van der Waals surface area contributed by atoms with Crippen LogP contribution in [0.15, 0.2) is 59.5 Å². The summed E-state index contributed by atoms with van der Waals surface area (Å²) in [6, 6.07) is 16.7. The molecule has 0 bridgehead atoms. The molecule has 0 aromatic heterocycles. The maximum Gasteiger partial charge on any atom is 0.193 e. The molecule has 0 aliphatic heterocycles. The van der Waals surface area contributed by atoms with E-state index in [9.17, 15) is 5.11 Å². The first-order valence-corrected chi connectivity index (χ1v) is 5.42. The second kappa shape index (κ2) is 4.75. The minimum Gasteiger partial charge on any atom is -0.326 e. The average Bonchev–Trinajstić information content (AvgIpc) is 2.29. The highest BCUT2D eigenvalue weighted by Crippen LogP contribution is 2.28. The Bertz CT molecular complexity index is 431. The van der Waals surface area contributed by atoms with Crippen molar-refractivity contribution in [2.24, 2.45) is 0 Å². The molecule has 0 aliphatic rings. The SMILES string of the molecule is [O]c1ccccc1SNc1ccccc1. The summed E-state index contributed by atoms with van der Waals surface area (Å²) in [4.78, 5) is 0.710. The molecule has 1 N–H and O–H groups in total. The molecule has 2 nitrogen and oxygen atoms in total. The summed E-state index contributed by atoms with van der Waals surface area (Å²) in [6.07, 6.45) is 0. The molecular formula is C12H10NOS. The van der Waals surface area contributed by atoms with Gasteiger partial charge in [0.25, 0.3) is 0 Å².